The van der Waals surface area contributed by atoms with Gasteiger partial charge in [-0.2, -0.15) is 0 Å². The molecule has 0 saturated carbocycles. The quantitative estimate of drug-likeness (QED) is 0.831. The SMILES string of the molecule is CC(C)(C)CC(=O)N1CCC(c2ccccc2F)S(=O)(=O)CC1. The number of carbonyl (C=O) groups excluding carboxylic acids is 1. The second-order valence-corrected chi connectivity index (χ2v) is 9.59. The molecular weight excluding hydrogens is 317 g/mol. The van der Waals surface area contributed by atoms with E-state index in [1.165, 1.54) is 12.1 Å². The van der Waals surface area contributed by atoms with Crippen molar-refractivity contribution >= 4 is 15.7 Å². The van der Waals surface area contributed by atoms with Crippen molar-refractivity contribution in [3.05, 3.63) is 35.6 Å². The number of sulfone groups is 1. The molecule has 1 aromatic carbocycles. The lowest BCUT2D eigenvalue weighted by atomic mass is 9.91. The highest BCUT2D eigenvalue weighted by molar-refractivity contribution is 7.91. The van der Waals surface area contributed by atoms with E-state index >= 15 is 0 Å². The van der Waals surface area contributed by atoms with Crippen LogP contribution in [0.15, 0.2) is 24.3 Å². The summed E-state index contributed by atoms with van der Waals surface area (Å²) in [4.78, 5) is 13.9. The number of nitrogens with zero attached hydrogens (tertiary/aromatic N) is 1. The summed E-state index contributed by atoms with van der Waals surface area (Å²) in [5.74, 6) is -0.667. The summed E-state index contributed by atoms with van der Waals surface area (Å²) in [5.41, 5.74) is 0.0605. The van der Waals surface area contributed by atoms with Gasteiger partial charge < -0.3 is 4.90 Å². The van der Waals surface area contributed by atoms with Gasteiger partial charge in [0.1, 0.15) is 5.82 Å². The van der Waals surface area contributed by atoms with Crippen molar-refractivity contribution in [3.63, 3.8) is 0 Å². The maximum atomic E-state index is 14.0. The molecule has 1 aliphatic rings. The van der Waals surface area contributed by atoms with Crippen LogP contribution < -0.4 is 0 Å². The smallest absolute Gasteiger partial charge is 0.223 e. The zero-order valence-electron chi connectivity index (χ0n) is 13.9. The summed E-state index contributed by atoms with van der Waals surface area (Å²) in [6.07, 6.45) is 0.608. The predicted molar refractivity (Wildman–Crippen MR) is 88.2 cm³/mol. The van der Waals surface area contributed by atoms with Crippen molar-refractivity contribution in [2.24, 2.45) is 5.41 Å². The van der Waals surface area contributed by atoms with Gasteiger partial charge in [0.15, 0.2) is 9.84 Å². The van der Waals surface area contributed by atoms with E-state index < -0.39 is 20.9 Å². The number of amides is 1. The Hall–Kier alpha value is -1.43. The third-order valence-electron chi connectivity index (χ3n) is 4.03. The van der Waals surface area contributed by atoms with Gasteiger partial charge >= 0.3 is 0 Å². The Morgan fingerprint density at radius 1 is 1.26 bits per heavy atom. The van der Waals surface area contributed by atoms with E-state index in [0.29, 0.717) is 13.0 Å². The van der Waals surface area contributed by atoms with E-state index in [2.05, 4.69) is 0 Å². The number of hydrogen-bond acceptors (Lipinski definition) is 3. The first kappa shape index (κ1) is 17.9. The fraction of sp³-hybridized carbons (Fsp3) is 0.588. The van der Waals surface area contributed by atoms with Gasteiger partial charge in [-0.3, -0.25) is 4.79 Å². The van der Waals surface area contributed by atoms with Gasteiger partial charge in [-0.25, -0.2) is 12.8 Å². The molecule has 6 heteroatoms. The van der Waals surface area contributed by atoms with Gasteiger partial charge in [0.2, 0.25) is 5.91 Å². The fourth-order valence-corrected chi connectivity index (χ4v) is 4.65. The van der Waals surface area contributed by atoms with E-state index in [1.54, 1.807) is 17.0 Å². The van der Waals surface area contributed by atoms with Crippen molar-refractivity contribution in [3.8, 4) is 0 Å². The molecule has 128 valence electrons. The van der Waals surface area contributed by atoms with E-state index in [9.17, 15) is 17.6 Å². The van der Waals surface area contributed by atoms with Crippen LogP contribution in [0.25, 0.3) is 0 Å². The molecule has 4 nitrogen and oxygen atoms in total. The summed E-state index contributed by atoms with van der Waals surface area (Å²) < 4.78 is 39.0. The Morgan fingerprint density at radius 3 is 2.52 bits per heavy atom. The molecule has 1 amide bonds. The maximum Gasteiger partial charge on any atom is 0.223 e. The average Bonchev–Trinajstić information content (AvgIpc) is 2.56. The standard InChI is InChI=1S/C17H24FNO3S/c1-17(2,3)12-16(20)19-9-8-15(23(21,22)11-10-19)13-6-4-5-7-14(13)18/h4-7,15H,8-12H2,1-3H3. The number of carbonyl (C=O) groups is 1. The van der Waals surface area contributed by atoms with Crippen LogP contribution in [0.3, 0.4) is 0 Å². The molecule has 23 heavy (non-hydrogen) atoms. The molecule has 0 aliphatic carbocycles. The summed E-state index contributed by atoms with van der Waals surface area (Å²) in [7, 11) is -3.48. The number of halogens is 1. The van der Waals surface area contributed by atoms with Gasteiger partial charge in [-0.15, -0.1) is 0 Å². The van der Waals surface area contributed by atoms with E-state index in [-0.39, 0.29) is 35.6 Å². The summed E-state index contributed by atoms with van der Waals surface area (Å²) >= 11 is 0. The van der Waals surface area contributed by atoms with E-state index in [4.69, 9.17) is 0 Å². The molecule has 2 rings (SSSR count). The normalized spacial score (nSPS) is 21.7. The van der Waals surface area contributed by atoms with Crippen molar-refractivity contribution in [1.82, 2.24) is 4.90 Å². The highest BCUT2D eigenvalue weighted by atomic mass is 32.2. The Balaban J connectivity index is 2.20. The maximum absolute atomic E-state index is 14.0. The van der Waals surface area contributed by atoms with Crippen molar-refractivity contribution < 1.29 is 17.6 Å². The first-order valence-electron chi connectivity index (χ1n) is 7.84. The molecule has 0 radical (unpaired) electrons. The van der Waals surface area contributed by atoms with Gasteiger partial charge in [-0.1, -0.05) is 39.0 Å². The molecule has 1 aliphatic heterocycles. The molecule has 1 heterocycles. The third-order valence-corrected chi connectivity index (χ3v) is 6.14. The van der Waals surface area contributed by atoms with Crippen molar-refractivity contribution in [1.29, 1.82) is 0 Å². The molecule has 1 saturated heterocycles. The van der Waals surface area contributed by atoms with Gasteiger partial charge in [0, 0.05) is 25.1 Å². The molecule has 0 spiro atoms. The van der Waals surface area contributed by atoms with Crippen molar-refractivity contribution in [2.75, 3.05) is 18.8 Å². The number of hydrogen-bond donors (Lipinski definition) is 0. The Morgan fingerprint density at radius 2 is 1.91 bits per heavy atom. The topological polar surface area (TPSA) is 54.5 Å². The lowest BCUT2D eigenvalue weighted by Gasteiger charge is -2.25. The van der Waals surface area contributed by atoms with Crippen LogP contribution >= 0.6 is 0 Å². The molecule has 1 aromatic rings. The van der Waals surface area contributed by atoms with Gasteiger partial charge in [-0.05, 0) is 17.9 Å². The van der Waals surface area contributed by atoms with Crippen LogP contribution in [0.5, 0.6) is 0 Å². The fourth-order valence-electron chi connectivity index (χ4n) is 2.84. The van der Waals surface area contributed by atoms with Crippen LogP contribution in [0.4, 0.5) is 4.39 Å². The second-order valence-electron chi connectivity index (χ2n) is 7.28. The lowest BCUT2D eigenvalue weighted by molar-refractivity contribution is -0.132. The zero-order valence-corrected chi connectivity index (χ0v) is 14.7. The number of benzene rings is 1. The first-order valence-corrected chi connectivity index (χ1v) is 9.55. The minimum Gasteiger partial charge on any atom is -0.342 e. The van der Waals surface area contributed by atoms with E-state index in [0.717, 1.165) is 0 Å². The zero-order chi connectivity index (χ0) is 17.3. The molecule has 0 aromatic heterocycles. The Bertz CT molecular complexity index is 679. The third kappa shape index (κ3) is 4.53. The van der Waals surface area contributed by atoms with Gasteiger partial charge in [0.25, 0.3) is 0 Å². The van der Waals surface area contributed by atoms with Crippen molar-refractivity contribution in [2.45, 2.75) is 38.9 Å². The van der Waals surface area contributed by atoms with Crippen LogP contribution in [0.2, 0.25) is 0 Å². The molecule has 0 N–H and O–H groups in total. The molecular formula is C17H24FNO3S. The van der Waals surface area contributed by atoms with Crippen LogP contribution in [0.1, 0.15) is 44.4 Å². The summed E-state index contributed by atoms with van der Waals surface area (Å²) in [6.45, 7) is 6.44. The summed E-state index contributed by atoms with van der Waals surface area (Å²) in [5, 5.41) is -0.879. The van der Waals surface area contributed by atoms with Crippen LogP contribution in [-0.2, 0) is 14.6 Å². The second kappa shape index (κ2) is 6.59. The van der Waals surface area contributed by atoms with E-state index in [1.807, 2.05) is 20.8 Å². The average molecular weight is 341 g/mol. The predicted octanol–water partition coefficient (Wildman–Crippen LogP) is 2.95. The molecule has 1 fully saturated rings. The molecule has 1 atom stereocenters. The van der Waals surface area contributed by atoms with Gasteiger partial charge in [0.05, 0.1) is 11.0 Å². The number of rotatable bonds is 2. The van der Waals surface area contributed by atoms with Crippen LogP contribution in [-0.4, -0.2) is 38.1 Å². The molecule has 0 bridgehead atoms. The minimum absolute atomic E-state index is 0.0399. The monoisotopic (exact) mass is 341 g/mol. The highest BCUT2D eigenvalue weighted by Gasteiger charge is 2.34. The molecule has 1 unspecified atom stereocenters. The highest BCUT2D eigenvalue weighted by Crippen LogP contribution is 2.31. The summed E-state index contributed by atoms with van der Waals surface area (Å²) in [6, 6.07) is 5.98. The Kier molecular flexibility index (Phi) is 5.14. The minimum atomic E-state index is -3.48. The largest absolute Gasteiger partial charge is 0.342 e. The van der Waals surface area contributed by atoms with Crippen LogP contribution in [0, 0.1) is 11.2 Å². The Labute approximate surface area is 137 Å². The first-order chi connectivity index (χ1) is 10.6. The lowest BCUT2D eigenvalue weighted by Crippen LogP contribution is -2.35.